The van der Waals surface area contributed by atoms with E-state index in [4.69, 9.17) is 9.47 Å². The zero-order valence-corrected chi connectivity index (χ0v) is 23.0. The lowest BCUT2D eigenvalue weighted by molar-refractivity contribution is -0.141. The molecule has 2 saturated heterocycles. The van der Waals surface area contributed by atoms with Crippen LogP contribution in [0.1, 0.15) is 52.4 Å². The summed E-state index contributed by atoms with van der Waals surface area (Å²) in [4.78, 5) is 42.8. The summed E-state index contributed by atoms with van der Waals surface area (Å²) >= 11 is 3.41. The van der Waals surface area contributed by atoms with E-state index in [2.05, 4.69) is 26.6 Å². The number of carbonyl (C=O) groups is 3. The number of hydrogen-bond donors (Lipinski definition) is 2. The van der Waals surface area contributed by atoms with Crippen molar-refractivity contribution in [1.82, 2.24) is 10.2 Å². The van der Waals surface area contributed by atoms with E-state index in [1.54, 1.807) is 17.0 Å². The maximum atomic E-state index is 13.9. The average Bonchev–Trinajstić information content (AvgIpc) is 3.51. The Labute approximate surface area is 226 Å². The third-order valence-electron chi connectivity index (χ3n) is 7.98. The highest BCUT2D eigenvalue weighted by atomic mass is 79.9. The summed E-state index contributed by atoms with van der Waals surface area (Å²) in [6.45, 7) is 4.80. The molecule has 0 unspecified atom stereocenters. The molecule has 1 aliphatic carbocycles. The lowest BCUT2D eigenvalue weighted by atomic mass is 9.74. The minimum atomic E-state index is -1.14. The number of likely N-dealkylation sites (tertiary alicyclic amines) is 1. The highest BCUT2D eigenvalue weighted by Gasteiger charge is 2.72. The van der Waals surface area contributed by atoms with Gasteiger partial charge in [-0.1, -0.05) is 47.3 Å². The molecule has 1 aromatic rings. The van der Waals surface area contributed by atoms with Crippen LogP contribution in [0.25, 0.3) is 0 Å². The molecule has 0 radical (unpaired) electrons. The molecular formula is C28H36BrN3O5. The lowest BCUT2D eigenvalue weighted by Crippen LogP contribution is -2.56. The zero-order valence-electron chi connectivity index (χ0n) is 21.5. The molecule has 1 aromatic carbocycles. The van der Waals surface area contributed by atoms with Crippen molar-refractivity contribution in [2.45, 2.75) is 82.3 Å². The van der Waals surface area contributed by atoms with Crippen LogP contribution in [0.15, 0.2) is 40.9 Å². The number of rotatable bonds is 9. The number of anilines is 1. The van der Waals surface area contributed by atoms with Crippen molar-refractivity contribution in [2.24, 2.45) is 11.8 Å². The number of carbonyl (C=O) groups excluding carboxylic acids is 3. The van der Waals surface area contributed by atoms with Gasteiger partial charge in [-0.2, -0.15) is 0 Å². The van der Waals surface area contributed by atoms with Crippen molar-refractivity contribution in [3.63, 3.8) is 0 Å². The summed E-state index contributed by atoms with van der Waals surface area (Å²) in [5.41, 5.74) is -0.491. The smallest absolute Gasteiger partial charge is 0.246 e. The third kappa shape index (κ3) is 5.10. The van der Waals surface area contributed by atoms with E-state index < -0.39 is 29.6 Å². The van der Waals surface area contributed by atoms with Gasteiger partial charge >= 0.3 is 0 Å². The Morgan fingerprint density at radius 3 is 2.59 bits per heavy atom. The van der Waals surface area contributed by atoms with Gasteiger partial charge < -0.3 is 25.0 Å². The molecule has 3 aliphatic heterocycles. The highest BCUT2D eigenvalue weighted by Crippen LogP contribution is 2.55. The summed E-state index contributed by atoms with van der Waals surface area (Å²) in [6.07, 6.45) is 9.12. The van der Waals surface area contributed by atoms with E-state index in [1.807, 2.05) is 38.1 Å². The number of nitrogens with one attached hydrogen (secondary N) is 2. The Bertz CT molecular complexity index is 1050. The Kier molecular flexibility index (Phi) is 7.75. The van der Waals surface area contributed by atoms with Crippen LogP contribution in [-0.4, -0.2) is 65.7 Å². The van der Waals surface area contributed by atoms with E-state index in [0.29, 0.717) is 25.3 Å². The molecular weight excluding hydrogens is 538 g/mol. The van der Waals surface area contributed by atoms with Crippen LogP contribution in [-0.2, 0) is 23.9 Å². The molecule has 200 valence electrons. The predicted octanol–water partition coefficient (Wildman–Crippen LogP) is 3.80. The van der Waals surface area contributed by atoms with Gasteiger partial charge in [-0.3, -0.25) is 14.4 Å². The first-order valence-electron chi connectivity index (χ1n) is 13.5. The molecule has 4 aliphatic rings. The maximum absolute atomic E-state index is 13.9. The minimum Gasteiger partial charge on any atom is -0.379 e. The summed E-state index contributed by atoms with van der Waals surface area (Å²) < 4.78 is 13.0. The number of nitrogens with zero attached hydrogens (tertiary/aromatic N) is 1. The summed E-state index contributed by atoms with van der Waals surface area (Å²) in [7, 11) is 0. The van der Waals surface area contributed by atoms with Crippen LogP contribution in [0, 0.1) is 11.8 Å². The van der Waals surface area contributed by atoms with E-state index in [1.165, 1.54) is 6.42 Å². The van der Waals surface area contributed by atoms with Crippen LogP contribution in [0.3, 0.4) is 0 Å². The number of hydrogen-bond acceptors (Lipinski definition) is 5. The van der Waals surface area contributed by atoms with Crippen molar-refractivity contribution >= 4 is 39.3 Å². The average molecular weight is 575 g/mol. The number of fused-ring (bicyclic) bond motifs is 1. The molecule has 5 rings (SSSR count). The molecule has 3 heterocycles. The topological polar surface area (TPSA) is 97.0 Å². The molecule has 3 amide bonds. The molecule has 3 fully saturated rings. The Hall–Kier alpha value is -2.23. The van der Waals surface area contributed by atoms with Gasteiger partial charge in [-0.15, -0.1) is 0 Å². The van der Waals surface area contributed by atoms with E-state index in [-0.39, 0.29) is 29.9 Å². The number of ether oxygens (including phenoxy) is 2. The van der Waals surface area contributed by atoms with Gasteiger partial charge in [-0.05, 0) is 57.4 Å². The molecule has 9 heteroatoms. The van der Waals surface area contributed by atoms with Crippen LogP contribution in [0.2, 0.25) is 0 Å². The molecule has 37 heavy (non-hydrogen) atoms. The maximum Gasteiger partial charge on any atom is 0.246 e. The quantitative estimate of drug-likeness (QED) is 0.346. The van der Waals surface area contributed by atoms with Crippen molar-refractivity contribution in [2.75, 3.05) is 18.5 Å². The summed E-state index contributed by atoms with van der Waals surface area (Å²) in [5.74, 6) is -2.11. The van der Waals surface area contributed by atoms with Crippen molar-refractivity contribution < 1.29 is 23.9 Å². The van der Waals surface area contributed by atoms with Crippen LogP contribution in [0.5, 0.6) is 0 Å². The van der Waals surface area contributed by atoms with Crippen LogP contribution in [0.4, 0.5) is 5.69 Å². The van der Waals surface area contributed by atoms with Gasteiger partial charge in [0.1, 0.15) is 11.6 Å². The van der Waals surface area contributed by atoms with Gasteiger partial charge in [0, 0.05) is 29.4 Å². The first kappa shape index (κ1) is 26.4. The second-order valence-corrected chi connectivity index (χ2v) is 11.8. The Morgan fingerprint density at radius 2 is 1.89 bits per heavy atom. The standard InChI is InChI=1S/C28H36BrN3O5/c1-17(2)36-16-6-15-32-24(26(34)31-19-7-4-3-5-8-19)28-14-13-21(37-28)22(23(28)27(32)35)25(33)30-20-11-9-18(29)10-12-20/h9-14,17,19,21-24H,3-8,15-16H2,1-2H3,(H,30,33)(H,31,34)/t21-,22-,23-,24+,28+/m1/s1. The third-order valence-corrected chi connectivity index (χ3v) is 8.51. The van der Waals surface area contributed by atoms with Crippen molar-refractivity contribution in [1.29, 1.82) is 0 Å². The van der Waals surface area contributed by atoms with Crippen molar-refractivity contribution in [3.05, 3.63) is 40.9 Å². The summed E-state index contributed by atoms with van der Waals surface area (Å²) in [5, 5.41) is 6.17. The second kappa shape index (κ2) is 10.9. The van der Waals surface area contributed by atoms with E-state index in [0.717, 1.165) is 30.2 Å². The van der Waals surface area contributed by atoms with Gasteiger partial charge in [0.25, 0.3) is 0 Å². The van der Waals surface area contributed by atoms with Crippen LogP contribution >= 0.6 is 15.9 Å². The Balaban J connectivity index is 1.39. The number of benzene rings is 1. The molecule has 2 bridgehead atoms. The largest absolute Gasteiger partial charge is 0.379 e. The van der Waals surface area contributed by atoms with E-state index in [9.17, 15) is 14.4 Å². The fourth-order valence-electron chi connectivity index (χ4n) is 6.35. The second-order valence-electron chi connectivity index (χ2n) is 10.8. The molecule has 1 spiro atoms. The van der Waals surface area contributed by atoms with Gasteiger partial charge in [-0.25, -0.2) is 0 Å². The molecule has 1 saturated carbocycles. The van der Waals surface area contributed by atoms with Gasteiger partial charge in [0.15, 0.2) is 0 Å². The molecule has 2 N–H and O–H groups in total. The zero-order chi connectivity index (χ0) is 26.2. The van der Waals surface area contributed by atoms with Gasteiger partial charge in [0.05, 0.1) is 24.0 Å². The first-order valence-corrected chi connectivity index (χ1v) is 14.3. The number of halogens is 1. The molecule has 8 nitrogen and oxygen atoms in total. The Morgan fingerprint density at radius 1 is 1.16 bits per heavy atom. The minimum absolute atomic E-state index is 0.0891. The summed E-state index contributed by atoms with van der Waals surface area (Å²) in [6, 6.07) is 6.61. The predicted molar refractivity (Wildman–Crippen MR) is 143 cm³/mol. The first-order chi connectivity index (χ1) is 17.8. The van der Waals surface area contributed by atoms with E-state index >= 15 is 0 Å². The van der Waals surface area contributed by atoms with Gasteiger partial charge in [0.2, 0.25) is 17.7 Å². The SMILES string of the molecule is CC(C)OCCCN1C(=O)[C@H]2[C@H](C(=O)Nc3ccc(Br)cc3)[C@H]3C=C[C@@]2(O3)[C@@H]1C(=O)NC1CCCCC1. The fraction of sp³-hybridized carbons (Fsp3) is 0.607. The molecule has 0 aromatic heterocycles. The number of amides is 3. The normalized spacial score (nSPS) is 30.7. The van der Waals surface area contributed by atoms with Crippen LogP contribution < -0.4 is 10.6 Å². The fourth-order valence-corrected chi connectivity index (χ4v) is 6.61. The van der Waals surface area contributed by atoms with Crippen molar-refractivity contribution in [3.8, 4) is 0 Å². The lowest BCUT2D eigenvalue weighted by Gasteiger charge is -2.34. The monoisotopic (exact) mass is 573 g/mol. The molecule has 5 atom stereocenters. The highest BCUT2D eigenvalue weighted by molar-refractivity contribution is 9.10.